The van der Waals surface area contributed by atoms with Crippen molar-refractivity contribution in [1.29, 1.82) is 0 Å². The Balaban J connectivity index is 1.93. The van der Waals surface area contributed by atoms with Crippen LogP contribution in [0.25, 0.3) is 0 Å². The summed E-state index contributed by atoms with van der Waals surface area (Å²) in [4.78, 5) is 10.9. The number of aliphatic hydroxyl groups is 1. The highest BCUT2D eigenvalue weighted by Gasteiger charge is 2.45. The smallest absolute Gasteiger partial charge is 0.430 e. The first-order chi connectivity index (χ1) is 8.35. The number of ether oxygens (including phenoxy) is 4. The van der Waals surface area contributed by atoms with Crippen LogP contribution in [-0.4, -0.2) is 57.6 Å². The van der Waals surface area contributed by atoms with Crippen molar-refractivity contribution in [2.75, 3.05) is 13.2 Å². The fourth-order valence-corrected chi connectivity index (χ4v) is 2.44. The van der Waals surface area contributed by atoms with Crippen molar-refractivity contribution in [1.82, 2.24) is 0 Å². The van der Waals surface area contributed by atoms with Crippen LogP contribution in [0.15, 0.2) is 0 Å². The number of aliphatic hydroxyl groups excluding tert-OH is 1. The SMILES string of the molecule is C[Si](C)(C)OCC1OC(O)OC1C1COC(=O)O1. The lowest BCUT2D eigenvalue weighted by Crippen LogP contribution is -2.41. The van der Waals surface area contributed by atoms with E-state index in [2.05, 4.69) is 0 Å². The van der Waals surface area contributed by atoms with Gasteiger partial charge in [0.25, 0.3) is 6.48 Å². The predicted octanol–water partition coefficient (Wildman–Crippen LogP) is 0.433. The van der Waals surface area contributed by atoms with Gasteiger partial charge in [0.2, 0.25) is 0 Å². The van der Waals surface area contributed by atoms with E-state index in [1.807, 2.05) is 19.6 Å². The molecule has 0 spiro atoms. The zero-order chi connectivity index (χ0) is 13.3. The molecule has 0 aromatic heterocycles. The van der Waals surface area contributed by atoms with Gasteiger partial charge in [0, 0.05) is 0 Å². The van der Waals surface area contributed by atoms with Crippen molar-refractivity contribution in [3.8, 4) is 0 Å². The van der Waals surface area contributed by atoms with Crippen LogP contribution in [0.1, 0.15) is 0 Å². The molecule has 0 bridgehead atoms. The standard InChI is InChI=1S/C10H18O7Si/c1-18(2,3)14-5-7-8(17-10(12)16-7)6-4-13-9(11)15-6/h6-8,10,12H,4-5H2,1-3H3. The molecule has 7 nitrogen and oxygen atoms in total. The Morgan fingerprint density at radius 2 is 2.11 bits per heavy atom. The average molecular weight is 278 g/mol. The Hall–Kier alpha value is -0.673. The summed E-state index contributed by atoms with van der Waals surface area (Å²) < 4.78 is 25.7. The first-order valence-electron chi connectivity index (χ1n) is 5.81. The maximum absolute atomic E-state index is 10.9. The van der Waals surface area contributed by atoms with Crippen molar-refractivity contribution in [2.24, 2.45) is 0 Å². The molecule has 0 saturated carbocycles. The minimum atomic E-state index is -1.69. The van der Waals surface area contributed by atoms with E-state index in [4.69, 9.17) is 23.4 Å². The lowest BCUT2D eigenvalue weighted by Gasteiger charge is -2.23. The highest BCUT2D eigenvalue weighted by molar-refractivity contribution is 6.69. The molecule has 1 N–H and O–H groups in total. The van der Waals surface area contributed by atoms with Crippen LogP contribution in [0, 0.1) is 0 Å². The number of cyclic esters (lactones) is 2. The van der Waals surface area contributed by atoms with E-state index in [0.29, 0.717) is 6.61 Å². The van der Waals surface area contributed by atoms with Gasteiger partial charge in [-0.25, -0.2) is 4.79 Å². The summed E-state index contributed by atoms with van der Waals surface area (Å²) in [5.74, 6) is 0. The fraction of sp³-hybridized carbons (Fsp3) is 0.900. The largest absolute Gasteiger partial charge is 0.508 e. The van der Waals surface area contributed by atoms with Gasteiger partial charge in [-0.1, -0.05) is 0 Å². The van der Waals surface area contributed by atoms with Gasteiger partial charge in [0.15, 0.2) is 14.4 Å². The average Bonchev–Trinajstić information content (AvgIpc) is 2.80. The van der Waals surface area contributed by atoms with Crippen LogP contribution < -0.4 is 0 Å². The third-order valence-corrected chi connectivity index (χ3v) is 3.62. The van der Waals surface area contributed by atoms with Crippen molar-refractivity contribution in [3.05, 3.63) is 0 Å². The molecule has 0 radical (unpaired) electrons. The minimum absolute atomic E-state index is 0.100. The third-order valence-electron chi connectivity index (χ3n) is 2.59. The number of hydrogen-bond acceptors (Lipinski definition) is 7. The molecule has 0 aromatic rings. The Bertz CT molecular complexity index is 316. The van der Waals surface area contributed by atoms with Crippen LogP contribution in [0.5, 0.6) is 0 Å². The summed E-state index contributed by atoms with van der Waals surface area (Å²) in [6, 6.07) is 0. The molecule has 2 rings (SSSR count). The van der Waals surface area contributed by atoms with Crippen molar-refractivity contribution >= 4 is 14.5 Å². The quantitative estimate of drug-likeness (QED) is 0.590. The van der Waals surface area contributed by atoms with Gasteiger partial charge in [0.05, 0.1) is 6.61 Å². The van der Waals surface area contributed by atoms with Gasteiger partial charge in [-0.15, -0.1) is 0 Å². The molecule has 0 aliphatic carbocycles. The lowest BCUT2D eigenvalue weighted by molar-refractivity contribution is -0.215. The molecule has 2 aliphatic rings. The van der Waals surface area contributed by atoms with E-state index < -0.39 is 39.3 Å². The Morgan fingerprint density at radius 3 is 2.67 bits per heavy atom. The van der Waals surface area contributed by atoms with Crippen LogP contribution in [0.2, 0.25) is 19.6 Å². The lowest BCUT2D eigenvalue weighted by atomic mass is 10.1. The zero-order valence-corrected chi connectivity index (χ0v) is 11.6. The van der Waals surface area contributed by atoms with Crippen LogP contribution >= 0.6 is 0 Å². The van der Waals surface area contributed by atoms with Crippen LogP contribution in [0.4, 0.5) is 4.79 Å². The van der Waals surface area contributed by atoms with Gasteiger partial charge < -0.3 is 28.5 Å². The maximum Gasteiger partial charge on any atom is 0.508 e. The highest BCUT2D eigenvalue weighted by atomic mass is 28.4. The molecule has 2 heterocycles. The molecular weight excluding hydrogens is 260 g/mol. The molecule has 0 aromatic carbocycles. The van der Waals surface area contributed by atoms with E-state index in [9.17, 15) is 9.90 Å². The zero-order valence-electron chi connectivity index (χ0n) is 10.6. The van der Waals surface area contributed by atoms with Crippen molar-refractivity contribution < 1.29 is 33.3 Å². The van der Waals surface area contributed by atoms with Crippen LogP contribution in [0.3, 0.4) is 0 Å². The van der Waals surface area contributed by atoms with Crippen LogP contribution in [-0.2, 0) is 23.4 Å². The second kappa shape index (κ2) is 5.14. The monoisotopic (exact) mass is 278 g/mol. The van der Waals surface area contributed by atoms with E-state index in [0.717, 1.165) is 0 Å². The molecule has 104 valence electrons. The first-order valence-corrected chi connectivity index (χ1v) is 9.22. The fourth-order valence-electron chi connectivity index (χ4n) is 1.78. The Morgan fingerprint density at radius 1 is 1.39 bits per heavy atom. The summed E-state index contributed by atoms with van der Waals surface area (Å²) in [6.45, 7) is 5.23. The topological polar surface area (TPSA) is 83.5 Å². The summed E-state index contributed by atoms with van der Waals surface area (Å²) in [6.07, 6.45) is -2.33. The second-order valence-electron chi connectivity index (χ2n) is 5.22. The molecule has 4 unspecified atom stereocenters. The van der Waals surface area contributed by atoms with Crippen molar-refractivity contribution in [2.45, 2.75) is 44.4 Å². The molecule has 2 aliphatic heterocycles. The van der Waals surface area contributed by atoms with Gasteiger partial charge in [-0.3, -0.25) is 0 Å². The molecule has 2 fully saturated rings. The van der Waals surface area contributed by atoms with Gasteiger partial charge in [-0.05, 0) is 19.6 Å². The van der Waals surface area contributed by atoms with Gasteiger partial charge in [0.1, 0.15) is 18.8 Å². The Kier molecular flexibility index (Phi) is 3.92. The minimum Gasteiger partial charge on any atom is -0.430 e. The maximum atomic E-state index is 10.9. The van der Waals surface area contributed by atoms with Gasteiger partial charge >= 0.3 is 6.16 Å². The van der Waals surface area contributed by atoms with Crippen molar-refractivity contribution in [3.63, 3.8) is 0 Å². The number of carbonyl (C=O) groups is 1. The Labute approximate surface area is 106 Å². The molecule has 0 amide bonds. The van der Waals surface area contributed by atoms with E-state index >= 15 is 0 Å². The number of rotatable bonds is 4. The molecular formula is C10H18O7Si. The second-order valence-corrected chi connectivity index (χ2v) is 9.74. The third kappa shape index (κ3) is 3.42. The summed E-state index contributed by atoms with van der Waals surface area (Å²) in [7, 11) is -1.69. The van der Waals surface area contributed by atoms with E-state index in [-0.39, 0.29) is 6.61 Å². The molecule has 18 heavy (non-hydrogen) atoms. The summed E-state index contributed by atoms with van der Waals surface area (Å²) in [5, 5.41) is 9.36. The number of carbonyl (C=O) groups excluding carboxylic acids is 1. The molecule has 4 atom stereocenters. The number of hydrogen-bond donors (Lipinski definition) is 1. The first kappa shape index (κ1) is 13.8. The molecule has 2 saturated heterocycles. The van der Waals surface area contributed by atoms with E-state index in [1.54, 1.807) is 0 Å². The molecule has 8 heteroatoms. The normalized spacial score (nSPS) is 36.6. The predicted molar refractivity (Wildman–Crippen MR) is 61.3 cm³/mol. The van der Waals surface area contributed by atoms with E-state index in [1.165, 1.54) is 0 Å². The summed E-state index contributed by atoms with van der Waals surface area (Å²) >= 11 is 0. The van der Waals surface area contributed by atoms with Gasteiger partial charge in [-0.2, -0.15) is 0 Å². The highest BCUT2D eigenvalue weighted by Crippen LogP contribution is 2.26. The summed E-state index contributed by atoms with van der Waals surface area (Å²) in [5.41, 5.74) is 0.